The van der Waals surface area contributed by atoms with Crippen LogP contribution in [0.2, 0.25) is 0 Å². The van der Waals surface area contributed by atoms with Crippen LogP contribution in [0.15, 0.2) is 22.9 Å². The lowest BCUT2D eigenvalue weighted by Crippen LogP contribution is -2.38. The zero-order chi connectivity index (χ0) is 13.4. The number of hydrogen-bond acceptors (Lipinski definition) is 7. The SMILES string of the molecule is c1cc(-c2nnc(N3CCN4CCC3CC4)o2)cnn1. The monoisotopic (exact) mass is 272 g/mol. The molecular formula is C13H16N6O. The lowest BCUT2D eigenvalue weighted by molar-refractivity contribution is 0.249. The molecule has 2 bridgehead atoms. The van der Waals surface area contributed by atoms with Crippen LogP contribution < -0.4 is 4.90 Å². The molecular weight excluding hydrogens is 256 g/mol. The summed E-state index contributed by atoms with van der Waals surface area (Å²) in [7, 11) is 0. The lowest BCUT2D eigenvalue weighted by atomic mass is 10.1. The van der Waals surface area contributed by atoms with E-state index in [4.69, 9.17) is 4.42 Å². The van der Waals surface area contributed by atoms with Crippen molar-refractivity contribution >= 4 is 6.01 Å². The van der Waals surface area contributed by atoms with Crippen molar-refractivity contribution in [3.63, 3.8) is 0 Å². The number of hydrogen-bond donors (Lipinski definition) is 0. The minimum atomic E-state index is 0.508. The van der Waals surface area contributed by atoms with E-state index in [0.29, 0.717) is 17.9 Å². The summed E-state index contributed by atoms with van der Waals surface area (Å²) in [5, 5.41) is 15.9. The second-order valence-electron chi connectivity index (χ2n) is 5.29. The molecule has 0 amide bonds. The van der Waals surface area contributed by atoms with Gasteiger partial charge in [0.1, 0.15) is 0 Å². The molecule has 7 nitrogen and oxygen atoms in total. The third-order valence-corrected chi connectivity index (χ3v) is 4.15. The van der Waals surface area contributed by atoms with Gasteiger partial charge in [-0.3, -0.25) is 0 Å². The Kier molecular flexibility index (Phi) is 2.84. The summed E-state index contributed by atoms with van der Waals surface area (Å²) in [6.45, 7) is 4.39. The van der Waals surface area contributed by atoms with E-state index in [1.807, 2.05) is 6.07 Å². The number of rotatable bonds is 2. The van der Waals surface area contributed by atoms with Gasteiger partial charge in [0.05, 0.1) is 18.0 Å². The molecule has 3 fully saturated rings. The maximum absolute atomic E-state index is 5.83. The fourth-order valence-corrected chi connectivity index (χ4v) is 3.00. The number of piperidine rings is 1. The average Bonchev–Trinajstić information content (AvgIpc) is 2.81. The van der Waals surface area contributed by atoms with E-state index in [-0.39, 0.29) is 0 Å². The van der Waals surface area contributed by atoms with Crippen LogP contribution in [0.4, 0.5) is 6.01 Å². The second-order valence-corrected chi connectivity index (χ2v) is 5.29. The maximum atomic E-state index is 5.83. The Balaban J connectivity index is 1.61. The molecule has 5 heterocycles. The lowest BCUT2D eigenvalue weighted by Gasteiger charge is -2.29. The number of fused-ring (bicyclic) bond motifs is 4. The van der Waals surface area contributed by atoms with Gasteiger partial charge in [0, 0.05) is 32.2 Å². The molecule has 3 saturated heterocycles. The highest BCUT2D eigenvalue weighted by Gasteiger charge is 2.31. The summed E-state index contributed by atoms with van der Waals surface area (Å²) in [5.74, 6) is 0.508. The normalized spacial score (nSPS) is 25.7. The predicted molar refractivity (Wildman–Crippen MR) is 72.1 cm³/mol. The summed E-state index contributed by atoms with van der Waals surface area (Å²) in [6, 6.07) is 2.98. The highest BCUT2D eigenvalue weighted by molar-refractivity contribution is 5.51. The van der Waals surface area contributed by atoms with Gasteiger partial charge in [-0.1, -0.05) is 5.10 Å². The van der Waals surface area contributed by atoms with Gasteiger partial charge in [0.25, 0.3) is 5.89 Å². The topological polar surface area (TPSA) is 71.2 Å². The van der Waals surface area contributed by atoms with E-state index in [0.717, 1.165) is 18.7 Å². The third-order valence-electron chi connectivity index (χ3n) is 4.15. The second kappa shape index (κ2) is 4.82. The molecule has 0 N–H and O–H groups in total. The van der Waals surface area contributed by atoms with Gasteiger partial charge in [-0.2, -0.15) is 10.2 Å². The third kappa shape index (κ3) is 2.03. The van der Waals surface area contributed by atoms with Crippen LogP contribution in [-0.2, 0) is 0 Å². The van der Waals surface area contributed by atoms with Crippen molar-refractivity contribution in [2.24, 2.45) is 0 Å². The van der Waals surface area contributed by atoms with E-state index in [9.17, 15) is 0 Å². The first-order valence-corrected chi connectivity index (χ1v) is 7.00. The van der Waals surface area contributed by atoms with Crippen molar-refractivity contribution in [1.82, 2.24) is 25.3 Å². The first-order chi connectivity index (χ1) is 9.90. The molecule has 20 heavy (non-hydrogen) atoms. The van der Waals surface area contributed by atoms with Gasteiger partial charge in [0.15, 0.2) is 0 Å². The van der Waals surface area contributed by atoms with Gasteiger partial charge in [-0.15, -0.1) is 5.10 Å². The van der Waals surface area contributed by atoms with Crippen molar-refractivity contribution in [1.29, 1.82) is 0 Å². The van der Waals surface area contributed by atoms with Crippen molar-refractivity contribution in [2.75, 3.05) is 31.1 Å². The fourth-order valence-electron chi connectivity index (χ4n) is 3.00. The summed E-state index contributed by atoms with van der Waals surface area (Å²) < 4.78 is 5.83. The van der Waals surface area contributed by atoms with Gasteiger partial charge < -0.3 is 14.2 Å². The van der Waals surface area contributed by atoms with Gasteiger partial charge in [-0.25, -0.2) is 0 Å². The highest BCUT2D eigenvalue weighted by Crippen LogP contribution is 2.27. The molecule has 104 valence electrons. The van der Waals surface area contributed by atoms with Gasteiger partial charge >= 0.3 is 6.01 Å². The van der Waals surface area contributed by atoms with Crippen LogP contribution in [0.25, 0.3) is 11.5 Å². The zero-order valence-corrected chi connectivity index (χ0v) is 11.1. The number of anilines is 1. The Bertz CT molecular complexity index is 578. The van der Waals surface area contributed by atoms with Crippen LogP contribution >= 0.6 is 0 Å². The fraction of sp³-hybridized carbons (Fsp3) is 0.538. The Morgan fingerprint density at radius 2 is 1.95 bits per heavy atom. The van der Waals surface area contributed by atoms with E-state index < -0.39 is 0 Å². The predicted octanol–water partition coefficient (Wildman–Crippen LogP) is 0.811. The summed E-state index contributed by atoms with van der Waals surface area (Å²) in [6.07, 6.45) is 5.61. The van der Waals surface area contributed by atoms with Crippen molar-refractivity contribution in [3.8, 4) is 11.5 Å². The molecule has 0 aliphatic carbocycles. The van der Waals surface area contributed by atoms with E-state index in [1.54, 1.807) is 12.4 Å². The van der Waals surface area contributed by atoms with Crippen molar-refractivity contribution < 1.29 is 4.42 Å². The minimum Gasteiger partial charge on any atom is -0.403 e. The molecule has 0 atom stereocenters. The molecule has 3 aliphatic rings. The van der Waals surface area contributed by atoms with Gasteiger partial charge in [-0.05, 0) is 18.9 Å². The first kappa shape index (κ1) is 11.8. The van der Waals surface area contributed by atoms with Crippen LogP contribution in [-0.4, -0.2) is 57.5 Å². The minimum absolute atomic E-state index is 0.508. The van der Waals surface area contributed by atoms with Crippen LogP contribution in [0, 0.1) is 0 Å². The highest BCUT2D eigenvalue weighted by atomic mass is 16.4. The Hall–Kier alpha value is -2.02. The van der Waals surface area contributed by atoms with Crippen molar-refractivity contribution in [3.05, 3.63) is 18.5 Å². The van der Waals surface area contributed by atoms with E-state index in [2.05, 4.69) is 30.2 Å². The molecule has 0 unspecified atom stereocenters. The molecule has 0 aromatic carbocycles. The average molecular weight is 272 g/mol. The van der Waals surface area contributed by atoms with E-state index >= 15 is 0 Å². The smallest absolute Gasteiger partial charge is 0.318 e. The van der Waals surface area contributed by atoms with Crippen LogP contribution in [0.3, 0.4) is 0 Å². The standard InChI is InChI=1S/C13H16N6O/c1-4-14-15-9-10(1)12-16-17-13(20-12)19-8-7-18-5-2-11(19)3-6-18/h1,4,9,11H,2-3,5-8H2. The molecule has 2 aromatic rings. The molecule has 2 aromatic heterocycles. The largest absolute Gasteiger partial charge is 0.403 e. The maximum Gasteiger partial charge on any atom is 0.318 e. The van der Waals surface area contributed by atoms with Crippen LogP contribution in [0.5, 0.6) is 0 Å². The summed E-state index contributed by atoms with van der Waals surface area (Å²) in [4.78, 5) is 4.76. The van der Waals surface area contributed by atoms with Gasteiger partial charge in [0.2, 0.25) is 0 Å². The summed E-state index contributed by atoms with van der Waals surface area (Å²) >= 11 is 0. The molecule has 5 rings (SSSR count). The quantitative estimate of drug-likeness (QED) is 0.801. The Morgan fingerprint density at radius 3 is 2.75 bits per heavy atom. The first-order valence-electron chi connectivity index (χ1n) is 7.00. The molecule has 7 heteroatoms. The molecule has 3 aliphatic heterocycles. The van der Waals surface area contributed by atoms with Crippen LogP contribution in [0.1, 0.15) is 12.8 Å². The Labute approximate surface area is 116 Å². The molecule has 0 radical (unpaired) electrons. The zero-order valence-electron chi connectivity index (χ0n) is 11.1. The van der Waals surface area contributed by atoms with E-state index in [1.165, 1.54) is 25.9 Å². The van der Waals surface area contributed by atoms with Crippen molar-refractivity contribution in [2.45, 2.75) is 18.9 Å². The molecule has 0 saturated carbocycles. The molecule has 0 spiro atoms. The Morgan fingerprint density at radius 1 is 1.05 bits per heavy atom. The number of nitrogens with zero attached hydrogens (tertiary/aromatic N) is 6. The number of aromatic nitrogens is 4. The summed E-state index contributed by atoms with van der Waals surface area (Å²) in [5.41, 5.74) is 0.807.